The first kappa shape index (κ1) is 14.9. The monoisotopic (exact) mass is 266 g/mol. The van der Waals surface area contributed by atoms with E-state index in [0.29, 0.717) is 5.41 Å². The summed E-state index contributed by atoms with van der Waals surface area (Å²) in [5.41, 5.74) is 0.606. The molecule has 3 fully saturated rings. The van der Waals surface area contributed by atoms with Crippen LogP contribution < -0.4 is 0 Å². The second-order valence-electron chi connectivity index (χ2n) is 7.02. The van der Waals surface area contributed by atoms with Gasteiger partial charge in [0.2, 0.25) is 0 Å². The van der Waals surface area contributed by atoms with E-state index < -0.39 is 0 Å². The molecule has 0 saturated heterocycles. The van der Waals surface area contributed by atoms with Gasteiger partial charge >= 0.3 is 0 Å². The molecule has 0 nitrogen and oxygen atoms in total. The number of fused-ring (bicyclic) bond motifs is 1. The fraction of sp³-hybridized carbons (Fsp3) is 0.500. The van der Waals surface area contributed by atoms with Gasteiger partial charge in [0, 0.05) is 0 Å². The fourth-order valence-electron chi connectivity index (χ4n) is 4.09. The third kappa shape index (κ3) is 2.35. The second kappa shape index (κ2) is 5.65. The standard InChI is InChI=1S/C20H26/c1-4-5-13-19(2)14-15-20(3,16-9-6-7-10-16)18-12-8-11-17(18)19/h6-12H,4-5,13-15H2,1-3H3/t19-,20+/m1/s1. The van der Waals surface area contributed by atoms with Crippen LogP contribution in [0.25, 0.3) is 0 Å². The van der Waals surface area contributed by atoms with Crippen LogP contribution in [-0.4, -0.2) is 0 Å². The van der Waals surface area contributed by atoms with Crippen LogP contribution >= 0.6 is 0 Å². The molecular formula is C20H26. The molecule has 20 heavy (non-hydrogen) atoms. The third-order valence-electron chi connectivity index (χ3n) is 5.62. The predicted octanol–water partition coefficient (Wildman–Crippen LogP) is 5.16. The van der Waals surface area contributed by atoms with Gasteiger partial charge in [-0.15, -0.1) is 0 Å². The second-order valence-corrected chi connectivity index (χ2v) is 7.02. The SMILES string of the molecule is CCCC[C@]1(C)CC[C@@](C)([C]2[CH][CH][CH][CH]2)[C]2[CH][CH][CH][C]21. The quantitative estimate of drug-likeness (QED) is 0.659. The zero-order valence-electron chi connectivity index (χ0n) is 13.1. The Hall–Kier alpha value is 0. The predicted molar refractivity (Wildman–Crippen MR) is 84.8 cm³/mol. The summed E-state index contributed by atoms with van der Waals surface area (Å²) < 4.78 is 0. The molecule has 0 aromatic carbocycles. The van der Waals surface area contributed by atoms with Crippen LogP contribution in [0.5, 0.6) is 0 Å². The maximum absolute atomic E-state index is 2.48. The molecule has 2 atom stereocenters. The minimum Gasteiger partial charge on any atom is -0.0654 e. The Bertz CT molecular complexity index is 327. The Labute approximate surface area is 127 Å². The minimum absolute atomic E-state index is 0.216. The number of unbranched alkanes of at least 4 members (excludes halogenated alkanes) is 1. The van der Waals surface area contributed by atoms with E-state index in [1.165, 1.54) is 38.0 Å². The Morgan fingerprint density at radius 3 is 2.30 bits per heavy atom. The summed E-state index contributed by atoms with van der Waals surface area (Å²) in [4.78, 5) is 0. The van der Waals surface area contributed by atoms with Crippen LogP contribution in [0.1, 0.15) is 52.9 Å². The van der Waals surface area contributed by atoms with Crippen molar-refractivity contribution in [2.45, 2.75) is 52.9 Å². The largest absolute Gasteiger partial charge is 0.0654 e. The lowest BCUT2D eigenvalue weighted by molar-refractivity contribution is 0.177. The van der Waals surface area contributed by atoms with Gasteiger partial charge < -0.3 is 0 Å². The highest BCUT2D eigenvalue weighted by molar-refractivity contribution is 5.57. The van der Waals surface area contributed by atoms with E-state index in [-0.39, 0.29) is 5.41 Å². The van der Waals surface area contributed by atoms with Crippen molar-refractivity contribution in [3.63, 3.8) is 0 Å². The molecule has 0 heteroatoms. The van der Waals surface area contributed by atoms with E-state index in [4.69, 9.17) is 0 Å². The Balaban J connectivity index is 1.79. The molecule has 0 unspecified atom stereocenters. The molecule has 0 aromatic heterocycles. The first-order valence-corrected chi connectivity index (χ1v) is 8.09. The van der Waals surface area contributed by atoms with Crippen molar-refractivity contribution in [3.05, 3.63) is 62.7 Å². The third-order valence-corrected chi connectivity index (χ3v) is 5.62. The van der Waals surface area contributed by atoms with Crippen LogP contribution in [0.2, 0.25) is 0 Å². The fourth-order valence-corrected chi connectivity index (χ4v) is 4.09. The molecule has 3 rings (SSSR count). The lowest BCUT2D eigenvalue weighted by atomic mass is 9.50. The first-order valence-electron chi connectivity index (χ1n) is 8.09. The molecule has 106 valence electrons. The molecule has 0 N–H and O–H groups in total. The zero-order chi connectivity index (χ0) is 14.2. The number of hydrogen-bond acceptors (Lipinski definition) is 0. The van der Waals surface area contributed by atoms with Crippen molar-refractivity contribution in [3.8, 4) is 0 Å². The van der Waals surface area contributed by atoms with Gasteiger partial charge in [-0.1, -0.05) is 33.6 Å². The topological polar surface area (TPSA) is 0 Å². The summed E-state index contributed by atoms with van der Waals surface area (Å²) in [6, 6.07) is 0. The summed E-state index contributed by atoms with van der Waals surface area (Å²) in [5, 5.41) is 0. The van der Waals surface area contributed by atoms with Crippen LogP contribution in [0, 0.1) is 73.5 Å². The number of rotatable bonds is 4. The minimum atomic E-state index is 0.216. The number of hydrogen-bond donors (Lipinski definition) is 0. The lowest BCUT2D eigenvalue weighted by Crippen LogP contribution is -2.44. The maximum Gasteiger partial charge on any atom is -0.00629 e. The van der Waals surface area contributed by atoms with Crippen molar-refractivity contribution in [1.29, 1.82) is 0 Å². The molecule has 10 radical (unpaired) electrons. The Morgan fingerprint density at radius 1 is 0.900 bits per heavy atom. The van der Waals surface area contributed by atoms with Crippen molar-refractivity contribution in [2.24, 2.45) is 10.8 Å². The van der Waals surface area contributed by atoms with E-state index in [1.807, 2.05) is 0 Å². The summed E-state index contributed by atoms with van der Waals surface area (Å²) in [6.45, 7) is 7.21. The summed E-state index contributed by atoms with van der Waals surface area (Å²) in [7, 11) is 0. The first-order chi connectivity index (χ1) is 9.60. The van der Waals surface area contributed by atoms with E-state index in [2.05, 4.69) is 65.7 Å². The maximum atomic E-state index is 2.48. The molecule has 0 spiro atoms. The highest BCUT2D eigenvalue weighted by atomic mass is 14.6. The summed E-state index contributed by atoms with van der Waals surface area (Å²) >= 11 is 0. The van der Waals surface area contributed by atoms with Crippen molar-refractivity contribution < 1.29 is 0 Å². The van der Waals surface area contributed by atoms with E-state index in [9.17, 15) is 0 Å². The van der Waals surface area contributed by atoms with E-state index in [0.717, 1.165) is 0 Å². The molecule has 0 amide bonds. The van der Waals surface area contributed by atoms with Crippen LogP contribution in [0.15, 0.2) is 0 Å². The van der Waals surface area contributed by atoms with E-state index in [1.54, 1.807) is 11.8 Å². The van der Waals surface area contributed by atoms with Crippen molar-refractivity contribution in [2.75, 3.05) is 0 Å². The normalized spacial score (nSPS) is 40.4. The molecule has 0 aromatic rings. The molecular weight excluding hydrogens is 240 g/mol. The van der Waals surface area contributed by atoms with E-state index >= 15 is 0 Å². The molecule has 0 heterocycles. The average Bonchev–Trinajstić information content (AvgIpc) is 3.12. The zero-order valence-corrected chi connectivity index (χ0v) is 13.1. The Kier molecular flexibility index (Phi) is 4.22. The van der Waals surface area contributed by atoms with Crippen LogP contribution in [0.4, 0.5) is 0 Å². The smallest absolute Gasteiger partial charge is 0.00629 e. The van der Waals surface area contributed by atoms with Gasteiger partial charge in [0.05, 0.1) is 0 Å². The highest BCUT2D eigenvalue weighted by Crippen LogP contribution is 2.66. The average molecular weight is 266 g/mol. The van der Waals surface area contributed by atoms with Crippen molar-refractivity contribution in [1.82, 2.24) is 0 Å². The van der Waals surface area contributed by atoms with Gasteiger partial charge in [-0.2, -0.15) is 0 Å². The van der Waals surface area contributed by atoms with Gasteiger partial charge in [0.1, 0.15) is 0 Å². The van der Waals surface area contributed by atoms with Gasteiger partial charge in [0.25, 0.3) is 0 Å². The highest BCUT2D eigenvalue weighted by Gasteiger charge is 2.56. The van der Waals surface area contributed by atoms with Gasteiger partial charge in [0.15, 0.2) is 0 Å². The lowest BCUT2D eigenvalue weighted by Gasteiger charge is -2.54. The summed E-state index contributed by atoms with van der Waals surface area (Å²) in [6.07, 6.45) is 22.5. The molecule has 0 bridgehead atoms. The molecule has 3 aliphatic carbocycles. The van der Waals surface area contributed by atoms with Gasteiger partial charge in [-0.25, -0.2) is 0 Å². The van der Waals surface area contributed by atoms with Crippen LogP contribution in [0.3, 0.4) is 0 Å². The Morgan fingerprint density at radius 2 is 1.60 bits per heavy atom. The molecule has 3 saturated carbocycles. The van der Waals surface area contributed by atoms with Gasteiger partial charge in [-0.3, -0.25) is 0 Å². The molecule has 0 aliphatic heterocycles. The van der Waals surface area contributed by atoms with Crippen LogP contribution in [-0.2, 0) is 0 Å². The molecule has 3 aliphatic rings. The van der Waals surface area contributed by atoms with Crippen molar-refractivity contribution >= 4 is 0 Å². The summed E-state index contributed by atoms with van der Waals surface area (Å²) in [5.74, 6) is 4.68. The van der Waals surface area contributed by atoms with Gasteiger partial charge in [-0.05, 0) is 92.8 Å².